The average Bonchev–Trinajstić information content (AvgIpc) is 3.00. The zero-order valence-electron chi connectivity index (χ0n) is 26.1. The summed E-state index contributed by atoms with van der Waals surface area (Å²) in [6.45, 7) is 5.79. The van der Waals surface area contributed by atoms with Crippen molar-refractivity contribution >= 4 is 11.9 Å². The number of phenolic OH excluding ortho intramolecular Hbond substituents is 1. The number of aliphatic hydroxyl groups is 1. The first kappa shape index (κ1) is 32.9. The minimum Gasteiger partial charge on any atom is -0.504 e. The average molecular weight is 597 g/mol. The van der Waals surface area contributed by atoms with Gasteiger partial charge in [-0.15, -0.1) is 5.92 Å². The number of nitrogens with one attached hydrogen (secondary N) is 2. The molecule has 1 saturated carbocycles. The van der Waals surface area contributed by atoms with Crippen LogP contribution in [0.15, 0.2) is 23.2 Å². The lowest BCUT2D eigenvalue weighted by molar-refractivity contribution is -0.151. The van der Waals surface area contributed by atoms with Gasteiger partial charge in [0.25, 0.3) is 0 Å². The Labute approximate surface area is 257 Å². The lowest BCUT2D eigenvalue weighted by Crippen LogP contribution is -2.41. The van der Waals surface area contributed by atoms with Gasteiger partial charge in [0.1, 0.15) is 12.2 Å². The number of nitrogens with zero attached hydrogens (tertiary/aromatic N) is 1. The van der Waals surface area contributed by atoms with Crippen LogP contribution in [0.1, 0.15) is 96.5 Å². The molecule has 9 nitrogen and oxygen atoms in total. The van der Waals surface area contributed by atoms with E-state index >= 15 is 0 Å². The number of piperidine rings is 1. The van der Waals surface area contributed by atoms with Crippen LogP contribution in [-0.2, 0) is 16.0 Å². The minimum absolute atomic E-state index is 0.0580. The van der Waals surface area contributed by atoms with Crippen LogP contribution < -0.4 is 21.1 Å². The Morgan fingerprint density at radius 2 is 1.95 bits per heavy atom. The van der Waals surface area contributed by atoms with Crippen LogP contribution in [0.3, 0.4) is 0 Å². The van der Waals surface area contributed by atoms with E-state index in [0.29, 0.717) is 56.4 Å². The van der Waals surface area contributed by atoms with Crippen LogP contribution in [0, 0.1) is 23.2 Å². The molecule has 0 bridgehead atoms. The Balaban J connectivity index is 1.52. The molecule has 6 N–H and O–H groups in total. The summed E-state index contributed by atoms with van der Waals surface area (Å²) in [5.74, 6) is 7.53. The lowest BCUT2D eigenvalue weighted by atomic mass is 9.78. The van der Waals surface area contributed by atoms with Crippen LogP contribution in [0.2, 0.25) is 0 Å². The van der Waals surface area contributed by atoms with E-state index in [4.69, 9.17) is 20.2 Å². The number of benzene rings is 1. The number of aliphatic imine (C=N–C) groups is 1. The maximum Gasteiger partial charge on any atom is 0.302 e. The molecule has 9 heteroatoms. The van der Waals surface area contributed by atoms with E-state index in [1.165, 1.54) is 26.2 Å². The zero-order chi connectivity index (χ0) is 30.7. The summed E-state index contributed by atoms with van der Waals surface area (Å²) >= 11 is 0. The highest BCUT2D eigenvalue weighted by molar-refractivity contribution is 5.78. The quantitative estimate of drug-likeness (QED) is 0.124. The van der Waals surface area contributed by atoms with Gasteiger partial charge in [-0.05, 0) is 82.2 Å². The highest BCUT2D eigenvalue weighted by atomic mass is 16.5. The molecule has 0 amide bonds. The fourth-order valence-corrected chi connectivity index (χ4v) is 6.56. The molecule has 43 heavy (non-hydrogen) atoms. The van der Waals surface area contributed by atoms with Gasteiger partial charge in [0.05, 0.1) is 18.1 Å². The number of aliphatic hydroxyl groups excluding tert-OH is 1. The number of guanidine groups is 1. The van der Waals surface area contributed by atoms with Gasteiger partial charge in [0.15, 0.2) is 17.5 Å². The number of ether oxygens (including phenoxy) is 2. The standard InChI is InChI=1S/C34H52N4O5/c1-3-34(23-37-33(35)38-27-9-5-4-6-10-27)16-7-8-26(31(42-24(2)39)22-28(40)13-17-34)20-25-11-12-30(41)32(21-25)43-29-14-18-36-19-15-29/h11-12,21,26-29,31,36,40-41H,3-6,8-10,13-15,17-20,22-23H2,1-2H3,(H3,35,37,38)/t26-,28+,31+,34+/m1/s1. The summed E-state index contributed by atoms with van der Waals surface area (Å²) in [5, 5.41) is 28.3. The van der Waals surface area contributed by atoms with Crippen molar-refractivity contribution in [3.63, 3.8) is 0 Å². The molecular formula is C34H52N4O5. The second-order valence-corrected chi connectivity index (χ2v) is 12.7. The van der Waals surface area contributed by atoms with E-state index in [9.17, 15) is 15.0 Å². The number of carbonyl (C=O) groups excluding carboxylic acids is 1. The lowest BCUT2D eigenvalue weighted by Gasteiger charge is -2.32. The largest absolute Gasteiger partial charge is 0.504 e. The normalized spacial score (nSPS) is 27.9. The third-order valence-corrected chi connectivity index (χ3v) is 9.31. The molecule has 238 valence electrons. The van der Waals surface area contributed by atoms with Gasteiger partial charge in [-0.25, -0.2) is 0 Å². The smallest absolute Gasteiger partial charge is 0.302 e. The molecule has 0 radical (unpaired) electrons. The van der Waals surface area contributed by atoms with Crippen LogP contribution in [-0.4, -0.2) is 66.1 Å². The molecular weight excluding hydrogens is 544 g/mol. The van der Waals surface area contributed by atoms with Gasteiger partial charge in [0.2, 0.25) is 0 Å². The minimum atomic E-state index is -0.641. The molecule has 1 aromatic rings. The molecule has 0 aromatic heterocycles. The predicted molar refractivity (Wildman–Crippen MR) is 169 cm³/mol. The van der Waals surface area contributed by atoms with Crippen molar-refractivity contribution in [2.45, 2.75) is 122 Å². The van der Waals surface area contributed by atoms with Gasteiger partial charge in [0, 0.05) is 31.7 Å². The summed E-state index contributed by atoms with van der Waals surface area (Å²) < 4.78 is 12.0. The number of esters is 1. The van der Waals surface area contributed by atoms with Gasteiger partial charge in [-0.2, -0.15) is 0 Å². The highest BCUT2D eigenvalue weighted by Crippen LogP contribution is 2.34. The second kappa shape index (κ2) is 16.2. The van der Waals surface area contributed by atoms with Crippen LogP contribution in [0.5, 0.6) is 11.5 Å². The molecule has 1 aromatic carbocycles. The summed E-state index contributed by atoms with van der Waals surface area (Å²) in [7, 11) is 0. The van der Waals surface area contributed by atoms with Crippen molar-refractivity contribution in [2.24, 2.45) is 22.1 Å². The Morgan fingerprint density at radius 3 is 2.67 bits per heavy atom. The maximum absolute atomic E-state index is 12.1. The summed E-state index contributed by atoms with van der Waals surface area (Å²) in [4.78, 5) is 16.8. The monoisotopic (exact) mass is 596 g/mol. The first-order valence-electron chi connectivity index (χ1n) is 16.4. The molecule has 2 aliphatic carbocycles. The van der Waals surface area contributed by atoms with Crippen molar-refractivity contribution in [1.82, 2.24) is 10.6 Å². The summed E-state index contributed by atoms with van der Waals surface area (Å²) in [6.07, 6.45) is 10.1. The SMILES string of the molecule is CC[C@]1(CN=C(N)NC2CCCCC2)C#CC[C@H](Cc2ccc(O)c(OC3CCNCC3)c2)[C@@H](OC(C)=O)C[C@@H](O)CC1. The third kappa shape index (κ3) is 10.3. The fraction of sp³-hybridized carbons (Fsp3) is 0.706. The van der Waals surface area contributed by atoms with Crippen LogP contribution in [0.25, 0.3) is 0 Å². The van der Waals surface area contributed by atoms with Crippen molar-refractivity contribution in [3.8, 4) is 23.3 Å². The first-order valence-corrected chi connectivity index (χ1v) is 16.4. The van der Waals surface area contributed by atoms with Gasteiger partial charge in [-0.3, -0.25) is 9.79 Å². The number of aromatic hydroxyl groups is 1. The first-order chi connectivity index (χ1) is 20.7. The molecule has 0 spiro atoms. The summed E-state index contributed by atoms with van der Waals surface area (Å²) in [6, 6.07) is 5.82. The molecule has 4 rings (SSSR count). The number of hydrogen-bond acceptors (Lipinski definition) is 7. The maximum atomic E-state index is 12.1. The van der Waals surface area contributed by atoms with E-state index in [1.54, 1.807) is 6.07 Å². The van der Waals surface area contributed by atoms with Gasteiger partial charge >= 0.3 is 5.97 Å². The fourth-order valence-electron chi connectivity index (χ4n) is 6.56. The molecule has 1 aliphatic heterocycles. The Morgan fingerprint density at radius 1 is 1.19 bits per heavy atom. The van der Waals surface area contributed by atoms with Crippen molar-refractivity contribution < 1.29 is 24.5 Å². The van der Waals surface area contributed by atoms with E-state index in [1.807, 2.05) is 12.1 Å². The topological polar surface area (TPSA) is 138 Å². The third-order valence-electron chi connectivity index (χ3n) is 9.31. The van der Waals surface area contributed by atoms with Crippen molar-refractivity contribution in [1.29, 1.82) is 0 Å². The number of nitrogens with two attached hydrogens (primary N) is 1. The molecule has 2 fully saturated rings. The number of carbonyl (C=O) groups is 1. The summed E-state index contributed by atoms with van der Waals surface area (Å²) in [5.41, 5.74) is 6.87. The van der Waals surface area contributed by atoms with Crippen molar-refractivity contribution in [2.75, 3.05) is 19.6 Å². The van der Waals surface area contributed by atoms with Gasteiger partial charge < -0.3 is 36.1 Å². The van der Waals surface area contributed by atoms with Crippen LogP contribution >= 0.6 is 0 Å². The number of hydrogen-bond donors (Lipinski definition) is 5. The van der Waals surface area contributed by atoms with Gasteiger partial charge in [-0.1, -0.05) is 38.2 Å². The Bertz CT molecular complexity index is 1140. The highest BCUT2D eigenvalue weighted by Gasteiger charge is 2.32. The molecule has 1 heterocycles. The van der Waals surface area contributed by atoms with Crippen molar-refractivity contribution in [3.05, 3.63) is 23.8 Å². The van der Waals surface area contributed by atoms with E-state index < -0.39 is 17.6 Å². The Hall–Kier alpha value is -2.96. The van der Waals surface area contributed by atoms with E-state index in [-0.39, 0.29) is 23.7 Å². The molecule has 1 saturated heterocycles. The zero-order valence-corrected chi connectivity index (χ0v) is 26.1. The Kier molecular flexibility index (Phi) is 12.4. The molecule has 0 unspecified atom stereocenters. The van der Waals surface area contributed by atoms with E-state index in [0.717, 1.165) is 50.8 Å². The number of rotatable bonds is 9. The molecule has 4 atom stereocenters. The number of phenols is 1. The van der Waals surface area contributed by atoms with E-state index in [2.05, 4.69) is 29.4 Å². The predicted octanol–water partition coefficient (Wildman–Crippen LogP) is 4.19. The second-order valence-electron chi connectivity index (χ2n) is 12.7. The van der Waals surface area contributed by atoms with Crippen LogP contribution in [0.4, 0.5) is 0 Å². The molecule has 3 aliphatic rings.